The van der Waals surface area contributed by atoms with E-state index in [4.69, 9.17) is 10.00 Å². The highest BCUT2D eigenvalue weighted by atomic mass is 19.1. The summed E-state index contributed by atoms with van der Waals surface area (Å²) in [5.41, 5.74) is 0.821. The molecule has 1 heterocycles. The molecule has 0 saturated carbocycles. The van der Waals surface area contributed by atoms with Gasteiger partial charge in [0.15, 0.2) is 17.7 Å². The summed E-state index contributed by atoms with van der Waals surface area (Å²) >= 11 is 0. The third-order valence-corrected chi connectivity index (χ3v) is 4.98. The third kappa shape index (κ3) is 4.88. The lowest BCUT2D eigenvalue weighted by Gasteiger charge is -2.34. The number of halogens is 2. The van der Waals surface area contributed by atoms with Crippen molar-refractivity contribution in [2.45, 2.75) is 53.7 Å². The second kappa shape index (κ2) is 8.58. The maximum absolute atomic E-state index is 15.4. The van der Waals surface area contributed by atoms with Crippen molar-refractivity contribution in [2.75, 3.05) is 10.2 Å². The molecule has 2 aromatic rings. The summed E-state index contributed by atoms with van der Waals surface area (Å²) in [7, 11) is 0. The van der Waals surface area contributed by atoms with Gasteiger partial charge in [-0.05, 0) is 54.7 Å². The Morgan fingerprint density at radius 3 is 2.56 bits per heavy atom. The zero-order valence-corrected chi connectivity index (χ0v) is 18.7. The molecular formula is C24H25F2N3O3. The van der Waals surface area contributed by atoms with E-state index in [0.29, 0.717) is 11.1 Å². The SMILES string of the molecule is Cc1cc2c(c(F)c1NC(=O)CC(C)(C)C)OC(C)C(=O)N2Cc1cc(F)cc(C#N)c1. The van der Waals surface area contributed by atoms with Crippen LogP contribution in [0.15, 0.2) is 24.3 Å². The molecule has 0 spiro atoms. The second-order valence-electron chi connectivity index (χ2n) is 9.16. The number of nitrogens with zero attached hydrogens (tertiary/aromatic N) is 2. The number of anilines is 2. The van der Waals surface area contributed by atoms with Crippen LogP contribution in [0, 0.1) is 35.3 Å². The quantitative estimate of drug-likeness (QED) is 0.737. The molecule has 32 heavy (non-hydrogen) atoms. The number of ether oxygens (including phenoxy) is 1. The Labute approximate surface area is 185 Å². The number of hydrogen-bond donors (Lipinski definition) is 1. The molecule has 2 aromatic carbocycles. The average Bonchev–Trinajstić information content (AvgIpc) is 2.68. The van der Waals surface area contributed by atoms with Gasteiger partial charge in [0.2, 0.25) is 5.91 Å². The van der Waals surface area contributed by atoms with Crippen molar-refractivity contribution in [3.8, 4) is 11.8 Å². The summed E-state index contributed by atoms with van der Waals surface area (Å²) in [6, 6.07) is 7.22. The molecule has 1 unspecified atom stereocenters. The van der Waals surface area contributed by atoms with E-state index in [1.165, 1.54) is 24.0 Å². The molecule has 2 amide bonds. The molecule has 0 aliphatic carbocycles. The fraction of sp³-hybridized carbons (Fsp3) is 0.375. The van der Waals surface area contributed by atoms with E-state index in [1.54, 1.807) is 13.0 Å². The van der Waals surface area contributed by atoms with Gasteiger partial charge in [-0.3, -0.25) is 9.59 Å². The number of nitrogens with one attached hydrogen (secondary N) is 1. The van der Waals surface area contributed by atoms with Crippen molar-refractivity contribution in [2.24, 2.45) is 5.41 Å². The van der Waals surface area contributed by atoms with Crippen LogP contribution in [0.1, 0.15) is 50.8 Å². The molecule has 1 aliphatic rings. The number of fused-ring (bicyclic) bond motifs is 1. The standard InChI is InChI=1S/C24H25F2N3O3/c1-13-6-18-22(20(26)21(13)28-19(30)10-24(3,4)5)32-14(2)23(31)29(18)12-16-7-15(11-27)8-17(25)9-16/h6-9,14H,10,12H2,1-5H3,(H,28,30). The van der Waals surface area contributed by atoms with Crippen LogP contribution in [0.2, 0.25) is 0 Å². The Balaban J connectivity index is 2.01. The first kappa shape index (κ1) is 23.2. The highest BCUT2D eigenvalue weighted by Gasteiger charge is 2.35. The molecule has 3 rings (SSSR count). The smallest absolute Gasteiger partial charge is 0.268 e. The van der Waals surface area contributed by atoms with Gasteiger partial charge in [-0.15, -0.1) is 0 Å². The minimum Gasteiger partial charge on any atom is -0.476 e. The van der Waals surface area contributed by atoms with Gasteiger partial charge in [-0.25, -0.2) is 8.78 Å². The summed E-state index contributed by atoms with van der Waals surface area (Å²) in [6.07, 6.45) is -0.784. The van der Waals surface area contributed by atoms with Crippen LogP contribution in [0.5, 0.6) is 5.75 Å². The lowest BCUT2D eigenvalue weighted by molar-refractivity contribution is -0.125. The molecule has 0 fully saturated rings. The summed E-state index contributed by atoms with van der Waals surface area (Å²) in [5, 5.41) is 11.7. The fourth-order valence-electron chi connectivity index (χ4n) is 3.59. The maximum Gasteiger partial charge on any atom is 0.268 e. The van der Waals surface area contributed by atoms with Crippen LogP contribution < -0.4 is 15.0 Å². The number of benzene rings is 2. The number of hydrogen-bond acceptors (Lipinski definition) is 4. The van der Waals surface area contributed by atoms with Crippen molar-refractivity contribution in [3.63, 3.8) is 0 Å². The van der Waals surface area contributed by atoms with Crippen LogP contribution in [0.25, 0.3) is 0 Å². The highest BCUT2D eigenvalue weighted by Crippen LogP contribution is 2.42. The maximum atomic E-state index is 15.4. The molecule has 1 atom stereocenters. The molecule has 6 nitrogen and oxygen atoms in total. The molecular weight excluding hydrogens is 416 g/mol. The first-order valence-electron chi connectivity index (χ1n) is 10.2. The van der Waals surface area contributed by atoms with Gasteiger partial charge in [0.1, 0.15) is 5.82 Å². The Morgan fingerprint density at radius 1 is 1.25 bits per heavy atom. The van der Waals surface area contributed by atoms with Crippen LogP contribution in [0.4, 0.5) is 20.2 Å². The number of aryl methyl sites for hydroxylation is 1. The molecule has 0 radical (unpaired) electrons. The van der Waals surface area contributed by atoms with E-state index in [2.05, 4.69) is 5.32 Å². The van der Waals surface area contributed by atoms with Gasteiger partial charge in [0.05, 0.1) is 29.6 Å². The van der Waals surface area contributed by atoms with E-state index in [1.807, 2.05) is 26.8 Å². The molecule has 0 bridgehead atoms. The number of carbonyl (C=O) groups excluding carboxylic acids is 2. The highest BCUT2D eigenvalue weighted by molar-refractivity contribution is 6.01. The van der Waals surface area contributed by atoms with Crippen LogP contribution in [0.3, 0.4) is 0 Å². The van der Waals surface area contributed by atoms with Crippen molar-refractivity contribution < 1.29 is 23.1 Å². The zero-order valence-electron chi connectivity index (χ0n) is 18.7. The first-order valence-corrected chi connectivity index (χ1v) is 10.2. The molecule has 1 N–H and O–H groups in total. The first-order chi connectivity index (χ1) is 14.9. The van der Waals surface area contributed by atoms with Crippen LogP contribution in [-0.2, 0) is 16.1 Å². The third-order valence-electron chi connectivity index (χ3n) is 4.98. The van der Waals surface area contributed by atoms with Crippen molar-refractivity contribution in [1.29, 1.82) is 5.26 Å². The van der Waals surface area contributed by atoms with Gasteiger partial charge in [0.25, 0.3) is 5.91 Å². The largest absolute Gasteiger partial charge is 0.476 e. The van der Waals surface area contributed by atoms with E-state index < -0.39 is 23.6 Å². The minimum atomic E-state index is -0.984. The zero-order chi connectivity index (χ0) is 23.8. The lowest BCUT2D eigenvalue weighted by Crippen LogP contribution is -2.44. The predicted molar refractivity (Wildman–Crippen MR) is 116 cm³/mol. The molecule has 0 aromatic heterocycles. The second-order valence-corrected chi connectivity index (χ2v) is 9.16. The van der Waals surface area contributed by atoms with Gasteiger partial charge >= 0.3 is 0 Å². The van der Waals surface area contributed by atoms with Gasteiger partial charge in [0, 0.05) is 6.42 Å². The molecule has 1 aliphatic heterocycles. The Bertz CT molecular complexity index is 1130. The fourth-order valence-corrected chi connectivity index (χ4v) is 3.59. The van der Waals surface area contributed by atoms with E-state index >= 15 is 4.39 Å². The summed E-state index contributed by atoms with van der Waals surface area (Å²) in [6.45, 7) is 8.75. The van der Waals surface area contributed by atoms with Crippen molar-refractivity contribution in [3.05, 3.63) is 52.6 Å². The summed E-state index contributed by atoms with van der Waals surface area (Å²) < 4.78 is 34.8. The normalized spacial score (nSPS) is 15.6. The molecule has 168 valence electrons. The van der Waals surface area contributed by atoms with E-state index in [-0.39, 0.29) is 47.0 Å². The number of carbonyl (C=O) groups is 2. The van der Waals surface area contributed by atoms with Crippen LogP contribution in [-0.4, -0.2) is 17.9 Å². The van der Waals surface area contributed by atoms with Crippen LogP contribution >= 0.6 is 0 Å². The molecule has 0 saturated heterocycles. The summed E-state index contributed by atoms with van der Waals surface area (Å²) in [4.78, 5) is 26.5. The van der Waals surface area contributed by atoms with E-state index in [9.17, 15) is 14.0 Å². The van der Waals surface area contributed by atoms with Gasteiger partial charge < -0.3 is 15.0 Å². The monoisotopic (exact) mass is 441 g/mol. The summed E-state index contributed by atoms with van der Waals surface area (Å²) in [5.74, 6) is -2.30. The predicted octanol–water partition coefficient (Wildman–Crippen LogP) is 4.83. The lowest BCUT2D eigenvalue weighted by atomic mass is 9.92. The van der Waals surface area contributed by atoms with Gasteiger partial charge in [-0.1, -0.05) is 20.8 Å². The average molecular weight is 441 g/mol. The Morgan fingerprint density at radius 2 is 1.94 bits per heavy atom. The van der Waals surface area contributed by atoms with Crippen molar-refractivity contribution >= 4 is 23.2 Å². The number of nitriles is 1. The topological polar surface area (TPSA) is 82.4 Å². The Kier molecular flexibility index (Phi) is 6.22. The van der Waals surface area contributed by atoms with Gasteiger partial charge in [-0.2, -0.15) is 5.26 Å². The molecule has 8 heteroatoms. The van der Waals surface area contributed by atoms with E-state index in [0.717, 1.165) is 6.07 Å². The van der Waals surface area contributed by atoms with Crippen molar-refractivity contribution in [1.82, 2.24) is 0 Å². The number of amides is 2. The number of rotatable bonds is 4. The minimum absolute atomic E-state index is 0.00276. The Hall–Kier alpha value is -3.47.